The van der Waals surface area contributed by atoms with Gasteiger partial charge in [0.1, 0.15) is 5.01 Å². The molecule has 0 aliphatic carbocycles. The molecule has 4 nitrogen and oxygen atoms in total. The molecule has 0 radical (unpaired) electrons. The SMILES string of the molecule is NCCCc1nnns1. The summed E-state index contributed by atoms with van der Waals surface area (Å²) in [6, 6.07) is 0. The van der Waals surface area contributed by atoms with Gasteiger partial charge in [0, 0.05) is 18.0 Å². The van der Waals surface area contributed by atoms with Crippen molar-refractivity contribution in [3.8, 4) is 0 Å². The van der Waals surface area contributed by atoms with Crippen LogP contribution in [0, 0.1) is 0 Å². The lowest BCUT2D eigenvalue weighted by Crippen LogP contribution is -1.99. The van der Waals surface area contributed by atoms with Crippen LogP contribution < -0.4 is 5.73 Å². The summed E-state index contributed by atoms with van der Waals surface area (Å²) in [6.45, 7) is 0.708. The minimum absolute atomic E-state index is 0.708. The Balaban J connectivity index is 2.30. The summed E-state index contributed by atoms with van der Waals surface area (Å²) in [5.74, 6) is 0. The summed E-state index contributed by atoms with van der Waals surface area (Å²) in [5.41, 5.74) is 5.28. The van der Waals surface area contributed by atoms with Gasteiger partial charge in [-0.3, -0.25) is 0 Å². The van der Waals surface area contributed by atoms with Gasteiger partial charge in [0.15, 0.2) is 0 Å². The Labute approximate surface area is 57.2 Å². The maximum absolute atomic E-state index is 5.28. The highest BCUT2D eigenvalue weighted by atomic mass is 32.1. The van der Waals surface area contributed by atoms with E-state index in [0.29, 0.717) is 6.54 Å². The summed E-state index contributed by atoms with van der Waals surface area (Å²) in [4.78, 5) is 0. The molecule has 0 aromatic carbocycles. The number of hydrogen-bond acceptors (Lipinski definition) is 5. The minimum Gasteiger partial charge on any atom is -0.330 e. The van der Waals surface area contributed by atoms with Crippen LogP contribution in [-0.4, -0.2) is 21.3 Å². The maximum atomic E-state index is 5.28. The fourth-order valence-corrected chi connectivity index (χ4v) is 0.977. The number of rotatable bonds is 3. The van der Waals surface area contributed by atoms with E-state index in [-0.39, 0.29) is 0 Å². The standard InChI is InChI=1S/C4H8N4S/c5-3-1-2-4-6-7-8-9-4/h1-3,5H2. The second-order valence-corrected chi connectivity index (χ2v) is 2.47. The molecule has 50 valence electrons. The minimum atomic E-state index is 0.708. The molecule has 9 heavy (non-hydrogen) atoms. The van der Waals surface area contributed by atoms with Crippen molar-refractivity contribution < 1.29 is 0 Å². The summed E-state index contributed by atoms with van der Waals surface area (Å²) in [6.07, 6.45) is 1.88. The molecule has 0 aliphatic rings. The van der Waals surface area contributed by atoms with E-state index in [1.54, 1.807) is 0 Å². The molecule has 1 heterocycles. The Bertz CT molecular complexity index is 150. The highest BCUT2D eigenvalue weighted by molar-refractivity contribution is 7.05. The summed E-state index contributed by atoms with van der Waals surface area (Å²) in [7, 11) is 0. The first-order valence-electron chi connectivity index (χ1n) is 2.77. The van der Waals surface area contributed by atoms with Gasteiger partial charge in [0.2, 0.25) is 0 Å². The Morgan fingerprint density at radius 2 is 2.44 bits per heavy atom. The van der Waals surface area contributed by atoms with E-state index in [0.717, 1.165) is 17.8 Å². The van der Waals surface area contributed by atoms with Gasteiger partial charge in [-0.05, 0) is 18.2 Å². The van der Waals surface area contributed by atoms with Crippen LogP contribution in [0.15, 0.2) is 0 Å². The van der Waals surface area contributed by atoms with Crippen LogP contribution in [0.1, 0.15) is 11.4 Å². The molecular formula is C4H8N4S. The lowest BCUT2D eigenvalue weighted by Gasteiger charge is -1.87. The van der Waals surface area contributed by atoms with E-state index in [2.05, 4.69) is 14.8 Å². The molecule has 0 fully saturated rings. The molecule has 0 aliphatic heterocycles. The third kappa shape index (κ3) is 2.03. The summed E-state index contributed by atoms with van der Waals surface area (Å²) >= 11 is 1.34. The molecular weight excluding hydrogens is 136 g/mol. The zero-order valence-electron chi connectivity index (χ0n) is 4.95. The third-order valence-corrected chi connectivity index (χ3v) is 1.58. The van der Waals surface area contributed by atoms with E-state index in [1.165, 1.54) is 11.5 Å². The van der Waals surface area contributed by atoms with Crippen molar-refractivity contribution >= 4 is 11.5 Å². The van der Waals surface area contributed by atoms with Gasteiger partial charge in [-0.1, -0.05) is 4.49 Å². The molecule has 1 rings (SSSR count). The molecule has 0 bridgehead atoms. The lowest BCUT2D eigenvalue weighted by atomic mass is 10.3. The van der Waals surface area contributed by atoms with Crippen molar-refractivity contribution in [2.45, 2.75) is 12.8 Å². The second-order valence-electron chi connectivity index (χ2n) is 1.65. The maximum Gasteiger partial charge on any atom is 0.138 e. The van der Waals surface area contributed by atoms with Crippen LogP contribution in [-0.2, 0) is 6.42 Å². The molecule has 0 atom stereocenters. The van der Waals surface area contributed by atoms with E-state index in [1.807, 2.05) is 0 Å². The topological polar surface area (TPSA) is 64.7 Å². The zero-order chi connectivity index (χ0) is 6.53. The van der Waals surface area contributed by atoms with E-state index in [9.17, 15) is 0 Å². The van der Waals surface area contributed by atoms with Crippen molar-refractivity contribution in [3.63, 3.8) is 0 Å². The average Bonchev–Trinajstić information content (AvgIpc) is 2.34. The van der Waals surface area contributed by atoms with Gasteiger partial charge >= 0.3 is 0 Å². The van der Waals surface area contributed by atoms with Gasteiger partial charge in [0.25, 0.3) is 0 Å². The number of aryl methyl sites for hydroxylation is 1. The van der Waals surface area contributed by atoms with Gasteiger partial charge in [-0.15, -0.1) is 5.10 Å². The molecule has 0 amide bonds. The molecule has 0 saturated heterocycles. The Kier molecular flexibility index (Phi) is 2.53. The van der Waals surface area contributed by atoms with Crippen molar-refractivity contribution in [3.05, 3.63) is 5.01 Å². The predicted octanol–water partition coefficient (Wildman–Crippen LogP) is -0.176. The first kappa shape index (κ1) is 6.57. The van der Waals surface area contributed by atoms with Crippen LogP contribution in [0.2, 0.25) is 0 Å². The molecule has 0 unspecified atom stereocenters. The highest BCUT2D eigenvalue weighted by Crippen LogP contribution is 1.99. The van der Waals surface area contributed by atoms with Crippen molar-refractivity contribution in [1.82, 2.24) is 14.8 Å². The van der Waals surface area contributed by atoms with Crippen LogP contribution in [0.25, 0.3) is 0 Å². The Morgan fingerprint density at radius 3 is 3.00 bits per heavy atom. The molecule has 2 N–H and O–H groups in total. The Hall–Kier alpha value is -0.550. The molecule has 0 saturated carbocycles. The summed E-state index contributed by atoms with van der Waals surface area (Å²) < 4.78 is 3.61. The number of nitrogens with two attached hydrogens (primary N) is 1. The van der Waals surface area contributed by atoms with E-state index >= 15 is 0 Å². The molecule has 5 heteroatoms. The third-order valence-electron chi connectivity index (χ3n) is 0.934. The largest absolute Gasteiger partial charge is 0.330 e. The van der Waals surface area contributed by atoms with Crippen molar-refractivity contribution in [2.24, 2.45) is 5.73 Å². The zero-order valence-corrected chi connectivity index (χ0v) is 5.77. The average molecular weight is 144 g/mol. The van der Waals surface area contributed by atoms with Gasteiger partial charge in [0.05, 0.1) is 0 Å². The van der Waals surface area contributed by atoms with Gasteiger partial charge in [-0.25, -0.2) is 0 Å². The van der Waals surface area contributed by atoms with Crippen LogP contribution >= 0.6 is 11.5 Å². The van der Waals surface area contributed by atoms with Crippen LogP contribution in [0.5, 0.6) is 0 Å². The van der Waals surface area contributed by atoms with Gasteiger partial charge in [-0.2, -0.15) is 0 Å². The molecule has 0 spiro atoms. The number of hydrogen-bond donors (Lipinski definition) is 1. The molecule has 1 aromatic rings. The first-order chi connectivity index (χ1) is 4.43. The smallest absolute Gasteiger partial charge is 0.138 e. The monoisotopic (exact) mass is 144 g/mol. The Morgan fingerprint density at radius 1 is 1.56 bits per heavy atom. The van der Waals surface area contributed by atoms with E-state index in [4.69, 9.17) is 5.73 Å². The van der Waals surface area contributed by atoms with Crippen LogP contribution in [0.4, 0.5) is 0 Å². The second kappa shape index (κ2) is 3.47. The first-order valence-corrected chi connectivity index (χ1v) is 3.55. The van der Waals surface area contributed by atoms with Crippen molar-refractivity contribution in [2.75, 3.05) is 6.54 Å². The normalized spacial score (nSPS) is 9.89. The predicted molar refractivity (Wildman–Crippen MR) is 35.1 cm³/mol. The highest BCUT2D eigenvalue weighted by Gasteiger charge is 1.94. The van der Waals surface area contributed by atoms with Crippen LogP contribution in [0.3, 0.4) is 0 Å². The fraction of sp³-hybridized carbons (Fsp3) is 0.750. The number of nitrogens with zero attached hydrogens (tertiary/aromatic N) is 3. The quantitative estimate of drug-likeness (QED) is 0.639. The molecule has 1 aromatic heterocycles. The number of aromatic nitrogens is 3. The van der Waals surface area contributed by atoms with Gasteiger partial charge < -0.3 is 5.73 Å². The summed E-state index contributed by atoms with van der Waals surface area (Å²) in [5, 5.41) is 8.18. The lowest BCUT2D eigenvalue weighted by molar-refractivity contribution is 0.803. The fourth-order valence-electron chi connectivity index (χ4n) is 0.501. The van der Waals surface area contributed by atoms with E-state index < -0.39 is 0 Å². The van der Waals surface area contributed by atoms with Crippen molar-refractivity contribution in [1.29, 1.82) is 0 Å².